The second kappa shape index (κ2) is 9.09. The van der Waals surface area contributed by atoms with Gasteiger partial charge in [0, 0.05) is 37.1 Å². The molecule has 1 aliphatic heterocycles. The van der Waals surface area contributed by atoms with Gasteiger partial charge in [-0.2, -0.15) is 0 Å². The highest BCUT2D eigenvalue weighted by Crippen LogP contribution is 2.25. The van der Waals surface area contributed by atoms with E-state index in [0.29, 0.717) is 49.1 Å². The molecule has 9 heteroatoms. The van der Waals surface area contributed by atoms with Crippen molar-refractivity contribution < 1.29 is 14.3 Å². The number of amides is 1. The molecule has 3 N–H and O–H groups in total. The molecule has 1 saturated heterocycles. The Kier molecular flexibility index (Phi) is 5.96. The minimum absolute atomic E-state index is 0.0845. The molecule has 35 heavy (non-hydrogen) atoms. The number of hydrogen-bond acceptors (Lipinski definition) is 5. The minimum Gasteiger partial charge on any atom is -0.388 e. The number of carbonyl (C=O) groups is 1. The van der Waals surface area contributed by atoms with Gasteiger partial charge >= 0.3 is 0 Å². The number of halogens is 1. The first-order valence-electron chi connectivity index (χ1n) is 11.5. The van der Waals surface area contributed by atoms with Crippen molar-refractivity contribution in [1.82, 2.24) is 19.0 Å². The zero-order valence-corrected chi connectivity index (χ0v) is 19.1. The number of piperidine rings is 1. The summed E-state index contributed by atoms with van der Waals surface area (Å²) in [5.74, 6) is -0.600. The summed E-state index contributed by atoms with van der Waals surface area (Å²) in [6.07, 6.45) is 3.89. The van der Waals surface area contributed by atoms with Crippen LogP contribution in [-0.4, -0.2) is 48.7 Å². The summed E-state index contributed by atoms with van der Waals surface area (Å²) in [4.78, 5) is 32.0. The number of aliphatic hydroxyl groups is 1. The van der Waals surface area contributed by atoms with Crippen molar-refractivity contribution in [2.24, 2.45) is 5.73 Å². The van der Waals surface area contributed by atoms with Crippen LogP contribution in [0.4, 0.5) is 4.39 Å². The Balaban J connectivity index is 1.32. The third kappa shape index (κ3) is 4.48. The van der Waals surface area contributed by atoms with Crippen molar-refractivity contribution in [3.05, 3.63) is 94.4 Å². The van der Waals surface area contributed by atoms with Gasteiger partial charge in [0.25, 0.3) is 11.5 Å². The van der Waals surface area contributed by atoms with E-state index in [2.05, 4.69) is 4.98 Å². The summed E-state index contributed by atoms with van der Waals surface area (Å²) in [6, 6.07) is 14.9. The van der Waals surface area contributed by atoms with Crippen LogP contribution in [0, 0.1) is 5.82 Å². The number of nitrogens with zero attached hydrogens (tertiary/aromatic N) is 4. The molecule has 180 valence electrons. The Bertz CT molecular complexity index is 1440. The molecule has 1 aliphatic rings. The monoisotopic (exact) mass is 475 g/mol. The quantitative estimate of drug-likeness (QED) is 0.461. The fraction of sp³-hybridized carbons (Fsp3) is 0.269. The molecule has 0 unspecified atom stereocenters. The van der Waals surface area contributed by atoms with Crippen molar-refractivity contribution in [2.45, 2.75) is 31.5 Å². The summed E-state index contributed by atoms with van der Waals surface area (Å²) < 4.78 is 16.4. The first-order chi connectivity index (χ1) is 16.9. The van der Waals surface area contributed by atoms with Crippen molar-refractivity contribution in [3.63, 3.8) is 0 Å². The lowest BCUT2D eigenvalue weighted by molar-refractivity contribution is -0.0299. The third-order valence-electron chi connectivity index (χ3n) is 6.63. The number of likely N-dealkylation sites (tertiary alicyclic amines) is 1. The van der Waals surface area contributed by atoms with Crippen LogP contribution in [0.5, 0.6) is 0 Å². The van der Waals surface area contributed by atoms with E-state index in [1.165, 1.54) is 35.2 Å². The highest BCUT2D eigenvalue weighted by atomic mass is 19.1. The third-order valence-corrected chi connectivity index (χ3v) is 6.63. The predicted octanol–water partition coefficient (Wildman–Crippen LogP) is 2.45. The molecule has 1 amide bonds. The number of hydrogen-bond donors (Lipinski definition) is 2. The van der Waals surface area contributed by atoms with Crippen LogP contribution in [-0.2, 0) is 13.1 Å². The minimum atomic E-state index is -1.14. The van der Waals surface area contributed by atoms with Gasteiger partial charge in [-0.15, -0.1) is 0 Å². The summed E-state index contributed by atoms with van der Waals surface area (Å²) >= 11 is 0. The molecule has 0 spiro atoms. The van der Waals surface area contributed by atoms with Crippen molar-refractivity contribution >= 4 is 16.9 Å². The van der Waals surface area contributed by atoms with Gasteiger partial charge in [0.1, 0.15) is 12.1 Å². The molecule has 1 fully saturated rings. The molecule has 0 aliphatic carbocycles. The maximum atomic E-state index is 13.2. The summed E-state index contributed by atoms with van der Waals surface area (Å²) in [5, 5.41) is 11.6. The Labute approximate surface area is 201 Å². The zero-order chi connectivity index (χ0) is 24.6. The Morgan fingerprint density at radius 2 is 1.86 bits per heavy atom. The molecule has 2 aromatic carbocycles. The molecular formula is C26H26FN5O3. The number of nitrogens with two attached hydrogens (primary N) is 1. The van der Waals surface area contributed by atoms with E-state index in [1.54, 1.807) is 17.2 Å². The molecular weight excluding hydrogens is 449 g/mol. The van der Waals surface area contributed by atoms with Crippen LogP contribution in [0.3, 0.4) is 0 Å². The van der Waals surface area contributed by atoms with E-state index in [0.717, 1.165) is 11.3 Å². The lowest BCUT2D eigenvalue weighted by atomic mass is 9.91. The predicted molar refractivity (Wildman–Crippen MR) is 130 cm³/mol. The molecule has 0 saturated carbocycles. The van der Waals surface area contributed by atoms with Gasteiger partial charge in [0.2, 0.25) is 0 Å². The Hall–Kier alpha value is -3.82. The second-order valence-corrected chi connectivity index (χ2v) is 9.00. The fourth-order valence-electron chi connectivity index (χ4n) is 4.58. The first kappa shape index (κ1) is 22.9. The summed E-state index contributed by atoms with van der Waals surface area (Å²) in [7, 11) is 0. The van der Waals surface area contributed by atoms with Crippen LogP contribution < -0.4 is 11.3 Å². The van der Waals surface area contributed by atoms with Gasteiger partial charge in [0.05, 0.1) is 17.5 Å². The number of benzene rings is 2. The van der Waals surface area contributed by atoms with Gasteiger partial charge < -0.3 is 20.3 Å². The topological polar surface area (TPSA) is 106 Å². The van der Waals surface area contributed by atoms with Crippen LogP contribution in [0.25, 0.3) is 16.7 Å². The highest BCUT2D eigenvalue weighted by Gasteiger charge is 2.35. The molecule has 8 nitrogen and oxygen atoms in total. The van der Waals surface area contributed by atoms with Gasteiger partial charge in [-0.25, -0.2) is 9.37 Å². The van der Waals surface area contributed by atoms with E-state index in [-0.39, 0.29) is 18.0 Å². The average Bonchev–Trinajstić information content (AvgIpc) is 3.31. The van der Waals surface area contributed by atoms with Crippen molar-refractivity contribution in [1.29, 1.82) is 0 Å². The van der Waals surface area contributed by atoms with E-state index < -0.39 is 11.4 Å². The average molecular weight is 476 g/mol. The SMILES string of the molecule is NCc1cccc(-n2ccc3c(=O)n(CC4(O)CCN(C(=O)c5ccc(F)cc5)CC4)cnc32)c1. The van der Waals surface area contributed by atoms with Crippen LogP contribution in [0.15, 0.2) is 71.9 Å². The summed E-state index contributed by atoms with van der Waals surface area (Å²) in [5.41, 5.74) is 7.16. The summed E-state index contributed by atoms with van der Waals surface area (Å²) in [6.45, 7) is 1.18. The molecule has 5 rings (SSSR count). The maximum Gasteiger partial charge on any atom is 0.262 e. The van der Waals surface area contributed by atoms with E-state index in [9.17, 15) is 19.1 Å². The lowest BCUT2D eigenvalue weighted by Gasteiger charge is -2.38. The Morgan fingerprint density at radius 1 is 1.11 bits per heavy atom. The highest BCUT2D eigenvalue weighted by molar-refractivity contribution is 5.94. The number of aromatic nitrogens is 3. The first-order valence-corrected chi connectivity index (χ1v) is 11.5. The largest absolute Gasteiger partial charge is 0.388 e. The number of rotatable bonds is 5. The van der Waals surface area contributed by atoms with Gasteiger partial charge in [0.15, 0.2) is 5.65 Å². The molecule has 0 radical (unpaired) electrons. The van der Waals surface area contributed by atoms with Crippen molar-refractivity contribution in [2.75, 3.05) is 13.1 Å². The normalized spacial score (nSPS) is 15.5. The number of carbonyl (C=O) groups excluding carboxylic acids is 1. The molecule has 0 bridgehead atoms. The van der Waals surface area contributed by atoms with Gasteiger partial charge in [-0.1, -0.05) is 12.1 Å². The van der Waals surface area contributed by atoms with Crippen LogP contribution in [0.1, 0.15) is 28.8 Å². The van der Waals surface area contributed by atoms with E-state index in [4.69, 9.17) is 5.73 Å². The maximum absolute atomic E-state index is 13.2. The molecule has 4 aromatic rings. The number of fused-ring (bicyclic) bond motifs is 1. The smallest absolute Gasteiger partial charge is 0.262 e. The van der Waals surface area contributed by atoms with Crippen LogP contribution in [0.2, 0.25) is 0 Å². The molecule has 0 atom stereocenters. The molecule has 2 aromatic heterocycles. The van der Waals surface area contributed by atoms with E-state index in [1.807, 2.05) is 28.8 Å². The zero-order valence-electron chi connectivity index (χ0n) is 19.1. The van der Waals surface area contributed by atoms with E-state index >= 15 is 0 Å². The van der Waals surface area contributed by atoms with Crippen molar-refractivity contribution in [3.8, 4) is 5.69 Å². The lowest BCUT2D eigenvalue weighted by Crippen LogP contribution is -2.49. The standard InChI is InChI=1S/C26H26FN5O3/c27-20-6-4-19(5-7-20)24(33)30-12-9-26(35,10-13-30)16-31-17-29-23-22(25(31)34)8-11-32(23)21-3-1-2-18(14-21)15-28/h1-8,11,14,17,35H,9-10,12-13,15-16,28H2. The van der Waals surface area contributed by atoms with Gasteiger partial charge in [-0.3, -0.25) is 14.2 Å². The van der Waals surface area contributed by atoms with Gasteiger partial charge in [-0.05, 0) is 60.9 Å². The fourth-order valence-corrected chi connectivity index (χ4v) is 4.58. The molecule has 3 heterocycles. The van der Waals surface area contributed by atoms with Crippen LogP contribution >= 0.6 is 0 Å². The second-order valence-electron chi connectivity index (χ2n) is 9.00. The Morgan fingerprint density at radius 3 is 2.57 bits per heavy atom.